The van der Waals surface area contributed by atoms with Crippen molar-refractivity contribution in [3.05, 3.63) is 33.8 Å². The summed E-state index contributed by atoms with van der Waals surface area (Å²) >= 11 is 3.49. The van der Waals surface area contributed by atoms with Crippen molar-refractivity contribution in [2.24, 2.45) is 0 Å². The van der Waals surface area contributed by atoms with E-state index in [4.69, 9.17) is 0 Å². The van der Waals surface area contributed by atoms with Crippen LogP contribution in [0, 0.1) is 6.92 Å². The van der Waals surface area contributed by atoms with Crippen molar-refractivity contribution in [2.45, 2.75) is 19.9 Å². The lowest BCUT2D eigenvalue weighted by Gasteiger charge is -2.08. The molecule has 84 valence electrons. The molecule has 1 aromatic rings. The van der Waals surface area contributed by atoms with Gasteiger partial charge in [-0.2, -0.15) is 0 Å². The van der Waals surface area contributed by atoms with Crippen molar-refractivity contribution < 1.29 is 0 Å². The van der Waals surface area contributed by atoms with Gasteiger partial charge in [-0.1, -0.05) is 22.0 Å². The van der Waals surface area contributed by atoms with Gasteiger partial charge in [-0.3, -0.25) is 0 Å². The van der Waals surface area contributed by atoms with Crippen molar-refractivity contribution in [3.63, 3.8) is 0 Å². The van der Waals surface area contributed by atoms with Crippen molar-refractivity contribution in [1.82, 2.24) is 10.6 Å². The topological polar surface area (TPSA) is 24.1 Å². The second-order valence-corrected chi connectivity index (χ2v) is 4.62. The van der Waals surface area contributed by atoms with E-state index in [1.165, 1.54) is 17.5 Å². The zero-order valence-electron chi connectivity index (χ0n) is 9.44. The highest BCUT2D eigenvalue weighted by atomic mass is 79.9. The number of hydrogen-bond acceptors (Lipinski definition) is 2. The number of aryl methyl sites for hydroxylation is 1. The van der Waals surface area contributed by atoms with Crippen molar-refractivity contribution in [1.29, 1.82) is 0 Å². The number of halogens is 1. The minimum Gasteiger partial charge on any atom is -0.320 e. The molecule has 0 atom stereocenters. The van der Waals surface area contributed by atoms with Crippen LogP contribution in [0.3, 0.4) is 0 Å². The molecule has 0 unspecified atom stereocenters. The monoisotopic (exact) mass is 270 g/mol. The molecule has 1 rings (SSSR count). The summed E-state index contributed by atoms with van der Waals surface area (Å²) in [5.74, 6) is 0. The summed E-state index contributed by atoms with van der Waals surface area (Å²) in [7, 11) is 1.98. The van der Waals surface area contributed by atoms with Gasteiger partial charge in [0.2, 0.25) is 0 Å². The van der Waals surface area contributed by atoms with Crippen molar-refractivity contribution in [3.8, 4) is 0 Å². The first-order valence-corrected chi connectivity index (χ1v) is 6.13. The molecule has 0 fully saturated rings. The lowest BCUT2D eigenvalue weighted by molar-refractivity contribution is 0.624. The van der Waals surface area contributed by atoms with Gasteiger partial charge in [0.05, 0.1) is 0 Å². The summed E-state index contributed by atoms with van der Waals surface area (Å²) in [6, 6.07) is 6.41. The summed E-state index contributed by atoms with van der Waals surface area (Å²) in [6.45, 7) is 5.24. The van der Waals surface area contributed by atoms with Crippen LogP contribution in [-0.4, -0.2) is 20.1 Å². The third-order valence-electron chi connectivity index (χ3n) is 2.41. The molecule has 0 amide bonds. The molecular weight excluding hydrogens is 252 g/mol. The molecule has 0 aliphatic carbocycles. The van der Waals surface area contributed by atoms with Crippen LogP contribution in [0.25, 0.3) is 0 Å². The molecule has 0 heterocycles. The SMILES string of the molecule is CNCCCNCc1cc(Br)ccc1C. The third-order valence-corrected chi connectivity index (χ3v) is 2.90. The second-order valence-electron chi connectivity index (χ2n) is 3.70. The molecule has 15 heavy (non-hydrogen) atoms. The van der Waals surface area contributed by atoms with Crippen molar-refractivity contribution >= 4 is 15.9 Å². The Bertz CT molecular complexity index is 300. The molecule has 0 saturated heterocycles. The molecular formula is C12H19BrN2. The predicted octanol–water partition coefficient (Wildman–Crippen LogP) is 2.46. The van der Waals surface area contributed by atoms with Gasteiger partial charge in [0, 0.05) is 11.0 Å². The Balaban J connectivity index is 2.33. The van der Waals surface area contributed by atoms with Crippen LogP contribution in [-0.2, 0) is 6.54 Å². The Morgan fingerprint density at radius 3 is 2.80 bits per heavy atom. The average Bonchev–Trinajstić information content (AvgIpc) is 2.23. The zero-order valence-corrected chi connectivity index (χ0v) is 11.0. The number of nitrogens with one attached hydrogen (secondary N) is 2. The van der Waals surface area contributed by atoms with Gasteiger partial charge in [0.25, 0.3) is 0 Å². The fraction of sp³-hybridized carbons (Fsp3) is 0.500. The predicted molar refractivity (Wildman–Crippen MR) is 69.1 cm³/mol. The molecule has 0 aromatic heterocycles. The van der Waals surface area contributed by atoms with Gasteiger partial charge in [-0.05, 0) is 56.7 Å². The van der Waals surface area contributed by atoms with E-state index in [-0.39, 0.29) is 0 Å². The van der Waals surface area contributed by atoms with Gasteiger partial charge in [0.15, 0.2) is 0 Å². The van der Waals surface area contributed by atoms with Gasteiger partial charge >= 0.3 is 0 Å². The van der Waals surface area contributed by atoms with Crippen LogP contribution in [0.5, 0.6) is 0 Å². The second kappa shape index (κ2) is 6.99. The van der Waals surface area contributed by atoms with Crippen LogP contribution in [0.2, 0.25) is 0 Å². The smallest absolute Gasteiger partial charge is 0.0208 e. The Kier molecular flexibility index (Phi) is 5.91. The fourth-order valence-corrected chi connectivity index (χ4v) is 1.85. The van der Waals surface area contributed by atoms with Gasteiger partial charge in [-0.25, -0.2) is 0 Å². The fourth-order valence-electron chi connectivity index (χ4n) is 1.44. The molecule has 0 bridgehead atoms. The van der Waals surface area contributed by atoms with Crippen LogP contribution < -0.4 is 10.6 Å². The Labute approximate surface area is 101 Å². The van der Waals surface area contributed by atoms with Crippen molar-refractivity contribution in [2.75, 3.05) is 20.1 Å². The minimum absolute atomic E-state index is 0.953. The Morgan fingerprint density at radius 1 is 1.27 bits per heavy atom. The van der Waals surface area contributed by atoms with Gasteiger partial charge in [0.1, 0.15) is 0 Å². The highest BCUT2D eigenvalue weighted by molar-refractivity contribution is 9.10. The highest BCUT2D eigenvalue weighted by Gasteiger charge is 1.98. The summed E-state index contributed by atoms with van der Waals surface area (Å²) < 4.78 is 1.15. The van der Waals surface area contributed by atoms with Gasteiger partial charge < -0.3 is 10.6 Å². The van der Waals surface area contributed by atoms with E-state index in [2.05, 4.69) is 51.7 Å². The van der Waals surface area contributed by atoms with E-state index in [9.17, 15) is 0 Å². The number of rotatable bonds is 6. The maximum atomic E-state index is 3.49. The van der Waals surface area contributed by atoms with Gasteiger partial charge in [-0.15, -0.1) is 0 Å². The molecule has 2 nitrogen and oxygen atoms in total. The van der Waals surface area contributed by atoms with E-state index in [0.29, 0.717) is 0 Å². The molecule has 3 heteroatoms. The van der Waals surface area contributed by atoms with E-state index >= 15 is 0 Å². The molecule has 0 aliphatic heterocycles. The zero-order chi connectivity index (χ0) is 11.1. The first kappa shape index (κ1) is 12.7. The van der Waals surface area contributed by atoms with Crippen LogP contribution >= 0.6 is 15.9 Å². The van der Waals surface area contributed by atoms with Crippen LogP contribution in [0.4, 0.5) is 0 Å². The average molecular weight is 271 g/mol. The highest BCUT2D eigenvalue weighted by Crippen LogP contribution is 2.15. The van der Waals surface area contributed by atoms with Crippen LogP contribution in [0.15, 0.2) is 22.7 Å². The minimum atomic E-state index is 0.953. The van der Waals surface area contributed by atoms with E-state index in [1.807, 2.05) is 7.05 Å². The Morgan fingerprint density at radius 2 is 2.07 bits per heavy atom. The van der Waals surface area contributed by atoms with Crippen LogP contribution in [0.1, 0.15) is 17.5 Å². The first-order chi connectivity index (χ1) is 7.24. The molecule has 0 saturated carbocycles. The number of hydrogen-bond donors (Lipinski definition) is 2. The molecule has 2 N–H and O–H groups in total. The van der Waals surface area contributed by atoms with E-state index in [1.54, 1.807) is 0 Å². The largest absolute Gasteiger partial charge is 0.320 e. The number of benzene rings is 1. The molecule has 0 radical (unpaired) electrons. The third kappa shape index (κ3) is 4.78. The Hall–Kier alpha value is -0.380. The summed E-state index contributed by atoms with van der Waals surface area (Å²) in [6.07, 6.45) is 1.17. The summed E-state index contributed by atoms with van der Waals surface area (Å²) in [5.41, 5.74) is 2.72. The lowest BCUT2D eigenvalue weighted by atomic mass is 10.1. The quantitative estimate of drug-likeness (QED) is 0.777. The normalized spacial score (nSPS) is 10.6. The maximum absolute atomic E-state index is 3.49. The molecule has 1 aromatic carbocycles. The first-order valence-electron chi connectivity index (χ1n) is 5.34. The summed E-state index contributed by atoms with van der Waals surface area (Å²) in [4.78, 5) is 0. The summed E-state index contributed by atoms with van der Waals surface area (Å²) in [5, 5.41) is 6.58. The maximum Gasteiger partial charge on any atom is 0.0208 e. The van der Waals surface area contributed by atoms with E-state index < -0.39 is 0 Å². The standard InChI is InChI=1S/C12H19BrN2/c1-10-4-5-12(13)8-11(10)9-15-7-3-6-14-2/h4-5,8,14-15H,3,6-7,9H2,1-2H3. The van der Waals surface area contributed by atoms with E-state index in [0.717, 1.165) is 24.1 Å². The molecule has 0 aliphatic rings. The lowest BCUT2D eigenvalue weighted by Crippen LogP contribution is -2.19. The molecule has 0 spiro atoms.